The number of rotatable bonds is 4. The third-order valence-corrected chi connectivity index (χ3v) is 7.17. The topological polar surface area (TPSA) is 115 Å². The number of carbonyl (C=O) groups is 1. The molecule has 0 radical (unpaired) electrons. The highest BCUT2D eigenvalue weighted by Crippen LogP contribution is 2.37. The molecule has 0 aliphatic carbocycles. The number of benzene rings is 1. The molecular formula is C27H28Cl2FN7O2. The number of ether oxygens (including phenoxy) is 1. The Kier molecular flexibility index (Phi) is 7.26. The maximum atomic E-state index is 14.0. The number of imidazole rings is 1. The van der Waals surface area contributed by atoms with E-state index in [0.717, 1.165) is 24.0 Å². The second kappa shape index (κ2) is 10.5. The summed E-state index contributed by atoms with van der Waals surface area (Å²) in [5, 5.41) is 4.77. The highest BCUT2D eigenvalue weighted by molar-refractivity contribution is 6.39. The van der Waals surface area contributed by atoms with Gasteiger partial charge in [0.15, 0.2) is 0 Å². The first-order valence-corrected chi connectivity index (χ1v) is 13.2. The Morgan fingerprint density at radius 3 is 2.59 bits per heavy atom. The van der Waals surface area contributed by atoms with E-state index >= 15 is 0 Å². The number of aromatic amines is 1. The number of halogens is 3. The number of H-pyrrole nitrogens is 1. The summed E-state index contributed by atoms with van der Waals surface area (Å²) in [5.74, 6) is 0.135. The molecule has 3 aromatic heterocycles. The molecule has 1 aliphatic rings. The van der Waals surface area contributed by atoms with Crippen molar-refractivity contribution in [2.24, 2.45) is 0 Å². The zero-order valence-corrected chi connectivity index (χ0v) is 23.2. The second-order valence-corrected chi connectivity index (χ2v) is 11.2. The van der Waals surface area contributed by atoms with Gasteiger partial charge in [-0.15, -0.1) is 0 Å². The maximum Gasteiger partial charge on any atom is 0.410 e. The molecule has 0 unspecified atom stereocenters. The molecule has 12 heteroatoms. The average Bonchev–Trinajstić information content (AvgIpc) is 3.57. The van der Waals surface area contributed by atoms with Gasteiger partial charge in [0.25, 0.3) is 0 Å². The number of hydrogen-bond donors (Lipinski definition) is 2. The predicted molar refractivity (Wildman–Crippen MR) is 149 cm³/mol. The largest absolute Gasteiger partial charge is 0.444 e. The number of carbonyl (C=O) groups excluding carboxylic acids is 1. The quantitative estimate of drug-likeness (QED) is 0.266. The molecule has 1 saturated heterocycles. The van der Waals surface area contributed by atoms with Crippen LogP contribution in [0.3, 0.4) is 0 Å². The molecule has 0 saturated carbocycles. The molecule has 4 heterocycles. The van der Waals surface area contributed by atoms with Gasteiger partial charge in [0.2, 0.25) is 0 Å². The summed E-state index contributed by atoms with van der Waals surface area (Å²) in [6.07, 6.45) is 8.19. The summed E-state index contributed by atoms with van der Waals surface area (Å²) in [4.78, 5) is 26.0. The zero-order chi connectivity index (χ0) is 27.9. The van der Waals surface area contributed by atoms with E-state index < -0.39 is 11.4 Å². The van der Waals surface area contributed by atoms with Gasteiger partial charge in [-0.25, -0.2) is 19.2 Å². The van der Waals surface area contributed by atoms with Crippen LogP contribution in [0, 0.1) is 5.82 Å². The van der Waals surface area contributed by atoms with Crippen molar-refractivity contribution in [1.29, 1.82) is 0 Å². The van der Waals surface area contributed by atoms with Crippen molar-refractivity contribution in [1.82, 2.24) is 29.6 Å². The van der Waals surface area contributed by atoms with Crippen LogP contribution in [0.4, 0.5) is 15.0 Å². The van der Waals surface area contributed by atoms with Crippen molar-refractivity contribution in [2.75, 3.05) is 18.8 Å². The fourth-order valence-electron chi connectivity index (χ4n) is 4.51. The number of hydrogen-bond acceptors (Lipinski definition) is 6. The molecule has 1 amide bonds. The van der Waals surface area contributed by atoms with Crippen LogP contribution in [-0.4, -0.2) is 54.4 Å². The average molecular weight is 572 g/mol. The van der Waals surface area contributed by atoms with Crippen LogP contribution in [0.15, 0.2) is 43.0 Å². The number of nitrogen functional groups attached to an aromatic ring is 1. The number of pyridine rings is 1. The molecule has 1 fully saturated rings. The molecule has 5 rings (SSSR count). The molecule has 0 bridgehead atoms. The van der Waals surface area contributed by atoms with Gasteiger partial charge in [-0.05, 0) is 51.8 Å². The lowest BCUT2D eigenvalue weighted by atomic mass is 10.1. The highest BCUT2D eigenvalue weighted by Gasteiger charge is 2.28. The monoisotopic (exact) mass is 571 g/mol. The number of anilines is 1. The summed E-state index contributed by atoms with van der Waals surface area (Å²) < 4.78 is 21.5. The van der Waals surface area contributed by atoms with Gasteiger partial charge in [0.1, 0.15) is 23.1 Å². The van der Waals surface area contributed by atoms with Gasteiger partial charge >= 0.3 is 6.09 Å². The van der Waals surface area contributed by atoms with Crippen molar-refractivity contribution in [3.05, 3.63) is 58.8 Å². The molecule has 1 aliphatic heterocycles. The molecule has 39 heavy (non-hydrogen) atoms. The van der Waals surface area contributed by atoms with E-state index in [1.807, 2.05) is 37.7 Å². The smallest absolute Gasteiger partial charge is 0.410 e. The summed E-state index contributed by atoms with van der Waals surface area (Å²) in [6, 6.07) is 4.67. The molecule has 1 aromatic carbocycles. The Morgan fingerprint density at radius 1 is 1.13 bits per heavy atom. The van der Waals surface area contributed by atoms with Gasteiger partial charge in [0.05, 0.1) is 39.7 Å². The number of piperidine rings is 1. The Bertz CT molecular complexity index is 1520. The van der Waals surface area contributed by atoms with E-state index in [0.29, 0.717) is 40.8 Å². The van der Waals surface area contributed by atoms with E-state index in [1.54, 1.807) is 17.3 Å². The Morgan fingerprint density at radius 2 is 1.87 bits per heavy atom. The van der Waals surface area contributed by atoms with Crippen LogP contribution in [0.25, 0.3) is 33.8 Å². The van der Waals surface area contributed by atoms with Crippen molar-refractivity contribution < 1.29 is 13.9 Å². The molecule has 3 N–H and O–H groups in total. The lowest BCUT2D eigenvalue weighted by Gasteiger charge is -2.33. The number of aromatic nitrogens is 5. The van der Waals surface area contributed by atoms with Crippen molar-refractivity contribution in [3.8, 4) is 33.8 Å². The fraction of sp³-hybridized carbons (Fsp3) is 0.333. The summed E-state index contributed by atoms with van der Waals surface area (Å²) in [6.45, 7) is 6.79. The zero-order valence-electron chi connectivity index (χ0n) is 21.7. The first-order valence-electron chi connectivity index (χ1n) is 12.5. The summed E-state index contributed by atoms with van der Waals surface area (Å²) in [7, 11) is 0. The van der Waals surface area contributed by atoms with Gasteiger partial charge < -0.3 is 20.4 Å². The van der Waals surface area contributed by atoms with Crippen LogP contribution in [0.1, 0.15) is 39.7 Å². The first kappa shape index (κ1) is 27.0. The van der Waals surface area contributed by atoms with Crippen LogP contribution in [0.2, 0.25) is 10.0 Å². The van der Waals surface area contributed by atoms with Crippen LogP contribution < -0.4 is 5.73 Å². The van der Waals surface area contributed by atoms with E-state index in [-0.39, 0.29) is 23.0 Å². The number of amides is 1. The molecule has 0 spiro atoms. The minimum absolute atomic E-state index is 0.0955. The standard InChI is InChI=1S/C27H28Cl2FN7O2/c1-27(2,3)39-26(38)36-8-6-17(7-9-36)37-14-16(12-34-37)15-10-18(24(31)32-11-15)25-33-13-21(35-25)22-19(28)4-5-20(30)23(22)29/h4-5,10-14,17H,6-9H2,1-3H3,(H2,31,32)(H,33,35). The van der Waals surface area contributed by atoms with Gasteiger partial charge in [-0.2, -0.15) is 5.10 Å². The lowest BCUT2D eigenvalue weighted by molar-refractivity contribution is 0.0185. The number of nitrogens with two attached hydrogens (primary N) is 1. The Hall–Kier alpha value is -3.63. The second-order valence-electron chi connectivity index (χ2n) is 10.4. The van der Waals surface area contributed by atoms with Crippen LogP contribution >= 0.6 is 23.2 Å². The number of nitrogens with one attached hydrogen (secondary N) is 1. The van der Waals surface area contributed by atoms with Crippen LogP contribution in [0.5, 0.6) is 0 Å². The number of nitrogens with zero attached hydrogens (tertiary/aromatic N) is 5. The molecule has 4 aromatic rings. The molecule has 0 atom stereocenters. The van der Waals surface area contributed by atoms with E-state index in [9.17, 15) is 9.18 Å². The van der Waals surface area contributed by atoms with Crippen molar-refractivity contribution >= 4 is 35.1 Å². The van der Waals surface area contributed by atoms with Gasteiger partial charge in [-0.1, -0.05) is 23.2 Å². The maximum absolute atomic E-state index is 14.0. The van der Waals surface area contributed by atoms with Gasteiger partial charge in [0, 0.05) is 42.2 Å². The predicted octanol–water partition coefficient (Wildman–Crippen LogP) is 6.60. The summed E-state index contributed by atoms with van der Waals surface area (Å²) in [5.41, 5.74) is 8.67. The SMILES string of the molecule is CC(C)(C)OC(=O)N1CCC(n2cc(-c3cnc(N)c(-c4ncc(-c5c(Cl)ccc(F)c5Cl)[nH]4)c3)cn2)CC1. The summed E-state index contributed by atoms with van der Waals surface area (Å²) >= 11 is 12.4. The molecular weight excluding hydrogens is 544 g/mol. The lowest BCUT2D eigenvalue weighted by Crippen LogP contribution is -2.42. The fourth-order valence-corrected chi connectivity index (χ4v) is 5.08. The van der Waals surface area contributed by atoms with E-state index in [1.165, 1.54) is 18.3 Å². The third kappa shape index (κ3) is 5.72. The third-order valence-electron chi connectivity index (χ3n) is 6.49. The van der Waals surface area contributed by atoms with Gasteiger partial charge in [-0.3, -0.25) is 4.68 Å². The Labute approximate surface area is 235 Å². The minimum Gasteiger partial charge on any atom is -0.444 e. The van der Waals surface area contributed by atoms with Crippen LogP contribution in [-0.2, 0) is 4.74 Å². The van der Waals surface area contributed by atoms with E-state index in [4.69, 9.17) is 33.7 Å². The van der Waals surface area contributed by atoms with E-state index in [2.05, 4.69) is 20.1 Å². The number of likely N-dealkylation sites (tertiary alicyclic amines) is 1. The Balaban J connectivity index is 1.33. The highest BCUT2D eigenvalue weighted by atomic mass is 35.5. The minimum atomic E-state index is -0.581. The van der Waals surface area contributed by atoms with Crippen molar-refractivity contribution in [3.63, 3.8) is 0 Å². The normalized spacial score (nSPS) is 14.6. The van der Waals surface area contributed by atoms with Crippen molar-refractivity contribution in [2.45, 2.75) is 45.3 Å². The first-order chi connectivity index (χ1) is 18.5. The molecule has 204 valence electrons. The molecule has 9 nitrogen and oxygen atoms in total.